The van der Waals surface area contributed by atoms with Crippen LogP contribution in [0.1, 0.15) is 20.8 Å². The van der Waals surface area contributed by atoms with Crippen molar-refractivity contribution < 1.29 is 8.42 Å². The summed E-state index contributed by atoms with van der Waals surface area (Å²) in [6.45, 7) is 11.5. The van der Waals surface area contributed by atoms with Crippen LogP contribution in [0.15, 0.2) is 11.5 Å². The molecule has 0 heterocycles. The highest BCUT2D eigenvalue weighted by Gasteiger charge is 2.29. The van der Waals surface area contributed by atoms with E-state index in [-0.39, 0.29) is 4.91 Å². The third kappa shape index (κ3) is 1.59. The number of hydrogen-bond acceptors (Lipinski definition) is 2. The van der Waals surface area contributed by atoms with Gasteiger partial charge in [-0.05, 0) is 27.7 Å². The zero-order chi connectivity index (χ0) is 8.58. The zero-order valence-electron chi connectivity index (χ0n) is 6.64. The topological polar surface area (TPSA) is 34.1 Å². The van der Waals surface area contributed by atoms with Crippen LogP contribution in [0.3, 0.4) is 0 Å². The van der Waals surface area contributed by atoms with Crippen molar-refractivity contribution in [3.63, 3.8) is 0 Å². The lowest BCUT2D eigenvalue weighted by Crippen LogP contribution is -2.27. The molecule has 0 aliphatic carbocycles. The molecule has 10 heavy (non-hydrogen) atoms. The quantitative estimate of drug-likeness (QED) is 0.584. The van der Waals surface area contributed by atoms with Crippen LogP contribution in [0.4, 0.5) is 0 Å². The van der Waals surface area contributed by atoms with Gasteiger partial charge in [0.25, 0.3) is 0 Å². The van der Waals surface area contributed by atoms with Gasteiger partial charge in [-0.2, -0.15) is 0 Å². The monoisotopic (exact) mass is 161 g/mol. The molecule has 0 rings (SSSR count). The number of sulfone groups is 1. The lowest BCUT2D eigenvalue weighted by atomic mass is 10.3. The van der Waals surface area contributed by atoms with Gasteiger partial charge >= 0.3 is 0 Å². The van der Waals surface area contributed by atoms with E-state index in [0.29, 0.717) is 0 Å². The summed E-state index contributed by atoms with van der Waals surface area (Å²) >= 11 is 0. The van der Waals surface area contributed by atoms with E-state index in [2.05, 4.69) is 13.5 Å². The Morgan fingerprint density at radius 3 is 1.60 bits per heavy atom. The Morgan fingerprint density at radius 1 is 1.30 bits per heavy atom. The second-order valence-corrected chi connectivity index (χ2v) is 5.96. The molecule has 0 bridgehead atoms. The molecular formula is C7H13O2S. The minimum Gasteiger partial charge on any atom is -0.224 e. The average molecular weight is 161 g/mol. The number of hydrogen-bond donors (Lipinski definition) is 0. The summed E-state index contributed by atoms with van der Waals surface area (Å²) in [4.78, 5) is -0.0139. The van der Waals surface area contributed by atoms with Crippen LogP contribution in [0, 0.1) is 6.92 Å². The summed E-state index contributed by atoms with van der Waals surface area (Å²) in [5.41, 5.74) is 0. The molecule has 0 atom stereocenters. The summed E-state index contributed by atoms with van der Waals surface area (Å²) in [5, 5.41) is 0. The van der Waals surface area contributed by atoms with Crippen LogP contribution >= 0.6 is 0 Å². The summed E-state index contributed by atoms with van der Waals surface area (Å²) < 4.78 is 21.6. The van der Waals surface area contributed by atoms with Crippen molar-refractivity contribution >= 4 is 9.84 Å². The van der Waals surface area contributed by atoms with Crippen molar-refractivity contribution in [2.45, 2.75) is 25.5 Å². The van der Waals surface area contributed by atoms with Crippen LogP contribution in [0.25, 0.3) is 0 Å². The van der Waals surface area contributed by atoms with Gasteiger partial charge in [0.05, 0.1) is 4.75 Å². The molecule has 0 N–H and O–H groups in total. The lowest BCUT2D eigenvalue weighted by molar-refractivity contribution is 0.568. The summed E-state index contributed by atoms with van der Waals surface area (Å²) in [6.07, 6.45) is 0. The largest absolute Gasteiger partial charge is 0.224 e. The van der Waals surface area contributed by atoms with Gasteiger partial charge in [0, 0.05) is 4.91 Å². The van der Waals surface area contributed by atoms with Crippen molar-refractivity contribution in [1.82, 2.24) is 0 Å². The van der Waals surface area contributed by atoms with E-state index in [9.17, 15) is 8.42 Å². The van der Waals surface area contributed by atoms with E-state index in [1.54, 1.807) is 20.8 Å². The molecule has 3 heteroatoms. The first-order valence-corrected chi connectivity index (χ1v) is 4.43. The fraction of sp³-hybridized carbons (Fsp3) is 0.571. The van der Waals surface area contributed by atoms with Crippen molar-refractivity contribution in [2.75, 3.05) is 0 Å². The minimum atomic E-state index is -3.22. The normalized spacial score (nSPS) is 13.2. The Balaban J connectivity index is 4.98. The van der Waals surface area contributed by atoms with Gasteiger partial charge in [0.1, 0.15) is 0 Å². The first-order valence-electron chi connectivity index (χ1n) is 2.95. The van der Waals surface area contributed by atoms with Crippen molar-refractivity contribution in [3.8, 4) is 0 Å². The standard InChI is InChI=1S/C7H13O2S/c1-6(2)10(8,9)7(3,4)5/h1-2H2,3-5H3. The zero-order valence-corrected chi connectivity index (χ0v) is 7.46. The highest BCUT2D eigenvalue weighted by Crippen LogP contribution is 2.21. The van der Waals surface area contributed by atoms with Crippen LogP contribution < -0.4 is 0 Å². The van der Waals surface area contributed by atoms with Crippen molar-refractivity contribution in [1.29, 1.82) is 0 Å². The molecule has 0 saturated carbocycles. The Morgan fingerprint density at radius 2 is 1.60 bits per heavy atom. The molecule has 0 spiro atoms. The number of allylic oxidation sites excluding steroid dienone is 1. The molecule has 0 unspecified atom stereocenters. The van der Waals surface area contributed by atoms with Gasteiger partial charge in [-0.1, -0.05) is 6.58 Å². The van der Waals surface area contributed by atoms with E-state index in [4.69, 9.17) is 0 Å². The van der Waals surface area contributed by atoms with E-state index in [1.807, 2.05) is 0 Å². The van der Waals surface area contributed by atoms with Gasteiger partial charge in [-0.15, -0.1) is 0 Å². The molecular weight excluding hydrogens is 148 g/mol. The van der Waals surface area contributed by atoms with Gasteiger partial charge in [0.2, 0.25) is 0 Å². The van der Waals surface area contributed by atoms with E-state index < -0.39 is 14.6 Å². The highest BCUT2D eigenvalue weighted by atomic mass is 32.2. The predicted octanol–water partition coefficient (Wildman–Crippen LogP) is 1.55. The molecule has 0 aliphatic heterocycles. The fourth-order valence-electron chi connectivity index (χ4n) is 0.433. The second-order valence-electron chi connectivity index (χ2n) is 3.15. The first kappa shape index (κ1) is 9.69. The fourth-order valence-corrected chi connectivity index (χ4v) is 1.30. The Kier molecular flexibility index (Phi) is 2.31. The molecule has 0 aromatic heterocycles. The van der Waals surface area contributed by atoms with Crippen molar-refractivity contribution in [2.24, 2.45) is 0 Å². The highest BCUT2D eigenvalue weighted by molar-refractivity contribution is 7.96. The summed E-state index contributed by atoms with van der Waals surface area (Å²) in [7, 11) is -3.22. The Hall–Kier alpha value is -0.310. The molecule has 0 aromatic carbocycles. The molecule has 0 amide bonds. The molecule has 0 fully saturated rings. The van der Waals surface area contributed by atoms with Gasteiger partial charge < -0.3 is 0 Å². The Bertz CT molecular complexity index is 229. The molecule has 1 radical (unpaired) electrons. The third-order valence-electron chi connectivity index (χ3n) is 1.19. The Labute approximate surface area is 62.9 Å². The van der Waals surface area contributed by atoms with E-state index in [1.165, 1.54) is 0 Å². The van der Waals surface area contributed by atoms with E-state index in [0.717, 1.165) is 0 Å². The van der Waals surface area contributed by atoms with Crippen LogP contribution in [0.2, 0.25) is 0 Å². The average Bonchev–Trinajstić information content (AvgIpc) is 1.62. The molecule has 0 saturated heterocycles. The second kappa shape index (κ2) is 2.38. The molecule has 2 nitrogen and oxygen atoms in total. The van der Waals surface area contributed by atoms with Crippen LogP contribution in [-0.4, -0.2) is 13.2 Å². The smallest absolute Gasteiger partial charge is 0.178 e. The molecule has 0 aromatic rings. The minimum absolute atomic E-state index is 0.0139. The van der Waals surface area contributed by atoms with Crippen LogP contribution in [-0.2, 0) is 9.84 Å². The maximum atomic E-state index is 11.2. The maximum absolute atomic E-state index is 11.2. The van der Waals surface area contributed by atoms with Gasteiger partial charge in [-0.3, -0.25) is 0 Å². The third-order valence-corrected chi connectivity index (χ3v) is 3.56. The summed E-state index contributed by atoms with van der Waals surface area (Å²) in [5.74, 6) is 0. The van der Waals surface area contributed by atoms with Crippen molar-refractivity contribution in [3.05, 3.63) is 18.4 Å². The van der Waals surface area contributed by atoms with Gasteiger partial charge in [0.15, 0.2) is 9.84 Å². The first-order chi connectivity index (χ1) is 4.19. The molecule has 59 valence electrons. The molecule has 0 aliphatic rings. The number of rotatable bonds is 1. The van der Waals surface area contributed by atoms with E-state index >= 15 is 0 Å². The summed E-state index contributed by atoms with van der Waals surface area (Å²) in [6, 6.07) is 0. The predicted molar refractivity (Wildman–Crippen MR) is 43.2 cm³/mol. The SMILES string of the molecule is [CH2]C(=C)S(=O)(=O)C(C)(C)C. The van der Waals surface area contributed by atoms with Crippen LogP contribution in [0.5, 0.6) is 0 Å². The lowest BCUT2D eigenvalue weighted by Gasteiger charge is -2.18. The maximum Gasteiger partial charge on any atom is 0.178 e. The van der Waals surface area contributed by atoms with Gasteiger partial charge in [-0.25, -0.2) is 8.42 Å².